The summed E-state index contributed by atoms with van der Waals surface area (Å²) in [6, 6.07) is 15.8. The monoisotopic (exact) mass is 476 g/mol. The van der Waals surface area contributed by atoms with Crippen LogP contribution < -0.4 is 10.6 Å². The largest absolute Gasteiger partial charge is 0.463 e. The van der Waals surface area contributed by atoms with Gasteiger partial charge in [-0.1, -0.05) is 71.4 Å². The Morgan fingerprint density at radius 2 is 1.65 bits per heavy atom. The number of nitrogens with zero attached hydrogens (tertiary/aromatic N) is 1. The van der Waals surface area contributed by atoms with Gasteiger partial charge in [0.1, 0.15) is 0 Å². The third-order valence-corrected chi connectivity index (χ3v) is 6.47. The molecule has 0 saturated carbocycles. The molecule has 1 aliphatic rings. The van der Waals surface area contributed by atoms with E-state index in [-0.39, 0.29) is 12.6 Å². The number of urea groups is 1. The maximum absolute atomic E-state index is 12.5. The fraction of sp³-hybridized carbons (Fsp3) is 0.269. The molecule has 1 aliphatic heterocycles. The summed E-state index contributed by atoms with van der Waals surface area (Å²) in [6.45, 7) is 7.91. The maximum Gasteiger partial charge on any atom is 0.337 e. The summed E-state index contributed by atoms with van der Waals surface area (Å²) in [7, 11) is 0. The zero-order chi connectivity index (χ0) is 24.2. The van der Waals surface area contributed by atoms with Crippen LogP contribution in [-0.4, -0.2) is 40.4 Å². The molecule has 7 nitrogen and oxygen atoms in total. The molecule has 0 unspecified atom stereocenters. The molecule has 2 heterocycles. The lowest BCUT2D eigenvalue weighted by atomic mass is 10.0. The average Bonchev–Trinajstić information content (AvgIpc) is 3.22. The fourth-order valence-electron chi connectivity index (χ4n) is 3.80. The normalized spacial score (nSPS) is 15.6. The van der Waals surface area contributed by atoms with E-state index in [2.05, 4.69) is 78.0 Å². The Bertz CT molecular complexity index is 1170. The third-order valence-electron chi connectivity index (χ3n) is 5.57. The van der Waals surface area contributed by atoms with Gasteiger partial charge < -0.3 is 20.4 Å². The minimum Gasteiger partial charge on any atom is -0.463 e. The molecule has 1 aromatic heterocycles. The number of carbonyl (C=O) groups excluding carboxylic acids is 2. The van der Waals surface area contributed by atoms with E-state index in [1.54, 1.807) is 13.8 Å². The molecule has 8 heteroatoms. The number of amides is 2. The highest BCUT2D eigenvalue weighted by Crippen LogP contribution is 2.34. The minimum absolute atomic E-state index is 0.265. The number of H-pyrrole nitrogens is 1. The Morgan fingerprint density at radius 1 is 1.03 bits per heavy atom. The molecule has 0 aliphatic carbocycles. The standard InChI is InChI=1S/C26H28N4O3S/c1-5-33-24(31)21-17(4)27-25(32)28-20(21)14-34-26-29-22(18-10-6-15(2)7-11-18)23(30-26)19-12-8-16(3)9-13-19/h6-13,17H,5,14H2,1-4H3,(H,29,30)(H2,27,28,32)/t17-/m1/s1. The SMILES string of the molecule is CCOC(=O)C1=C(CSc2nc(-c3ccc(C)cc3)c(-c3ccc(C)cc3)[nH]2)NC(=O)N[C@@H]1C. The van der Waals surface area contributed by atoms with E-state index in [0.717, 1.165) is 22.5 Å². The van der Waals surface area contributed by atoms with Crippen molar-refractivity contribution in [3.8, 4) is 22.5 Å². The number of hydrogen-bond donors (Lipinski definition) is 3. The molecule has 2 aromatic carbocycles. The molecule has 0 bridgehead atoms. The van der Waals surface area contributed by atoms with Gasteiger partial charge >= 0.3 is 12.0 Å². The molecule has 3 N–H and O–H groups in total. The smallest absolute Gasteiger partial charge is 0.337 e. The molecule has 3 aromatic rings. The second-order valence-corrected chi connectivity index (χ2v) is 9.18. The van der Waals surface area contributed by atoms with Crippen LogP contribution in [0.2, 0.25) is 0 Å². The molecule has 176 valence electrons. The number of benzene rings is 2. The zero-order valence-corrected chi connectivity index (χ0v) is 20.5. The topological polar surface area (TPSA) is 96.1 Å². The van der Waals surface area contributed by atoms with Crippen molar-refractivity contribution < 1.29 is 14.3 Å². The number of aromatic amines is 1. The number of nitrogens with one attached hydrogen (secondary N) is 3. The lowest BCUT2D eigenvalue weighted by Crippen LogP contribution is -2.49. The number of thioether (sulfide) groups is 1. The Balaban J connectivity index is 1.68. The number of aromatic nitrogens is 2. The molecule has 0 fully saturated rings. The van der Waals surface area contributed by atoms with Crippen LogP contribution in [0.15, 0.2) is 65.0 Å². The van der Waals surface area contributed by atoms with E-state index in [1.807, 2.05) is 0 Å². The van der Waals surface area contributed by atoms with E-state index in [4.69, 9.17) is 9.72 Å². The van der Waals surface area contributed by atoms with Gasteiger partial charge in [0.15, 0.2) is 5.16 Å². The molecule has 0 radical (unpaired) electrons. The van der Waals surface area contributed by atoms with Gasteiger partial charge in [-0.3, -0.25) is 0 Å². The van der Waals surface area contributed by atoms with Crippen LogP contribution in [-0.2, 0) is 9.53 Å². The van der Waals surface area contributed by atoms with Gasteiger partial charge in [-0.05, 0) is 27.7 Å². The number of esters is 1. The van der Waals surface area contributed by atoms with E-state index in [1.165, 1.54) is 22.9 Å². The number of carbonyl (C=O) groups is 2. The third kappa shape index (κ3) is 5.17. The lowest BCUT2D eigenvalue weighted by Gasteiger charge is -2.26. The van der Waals surface area contributed by atoms with Crippen LogP contribution in [0.3, 0.4) is 0 Å². The molecule has 1 atom stereocenters. The van der Waals surface area contributed by atoms with Crippen molar-refractivity contribution in [2.45, 2.75) is 38.9 Å². The van der Waals surface area contributed by atoms with Crippen LogP contribution in [0.1, 0.15) is 25.0 Å². The van der Waals surface area contributed by atoms with Crippen molar-refractivity contribution in [3.05, 3.63) is 70.9 Å². The first kappa shape index (κ1) is 23.6. The van der Waals surface area contributed by atoms with E-state index < -0.39 is 12.0 Å². The number of imidazole rings is 1. The summed E-state index contributed by atoms with van der Waals surface area (Å²) in [5.74, 6) is -0.0710. The predicted molar refractivity (Wildman–Crippen MR) is 134 cm³/mol. The molecule has 34 heavy (non-hydrogen) atoms. The first-order valence-corrected chi connectivity index (χ1v) is 12.2. The number of hydrogen-bond acceptors (Lipinski definition) is 5. The van der Waals surface area contributed by atoms with Gasteiger partial charge in [0.05, 0.1) is 29.6 Å². The van der Waals surface area contributed by atoms with Gasteiger partial charge in [0.25, 0.3) is 0 Å². The summed E-state index contributed by atoms with van der Waals surface area (Å²) >= 11 is 1.43. The van der Waals surface area contributed by atoms with Crippen molar-refractivity contribution in [3.63, 3.8) is 0 Å². The second-order valence-electron chi connectivity index (χ2n) is 8.22. The average molecular weight is 477 g/mol. The Kier molecular flexibility index (Phi) is 7.07. The summed E-state index contributed by atoms with van der Waals surface area (Å²) in [5, 5.41) is 6.19. The first-order chi connectivity index (χ1) is 16.4. The maximum atomic E-state index is 12.5. The Labute approximate surface area is 203 Å². The van der Waals surface area contributed by atoms with Crippen molar-refractivity contribution >= 4 is 23.8 Å². The molecular weight excluding hydrogens is 448 g/mol. The van der Waals surface area contributed by atoms with Gasteiger partial charge in [-0.15, -0.1) is 0 Å². The predicted octanol–water partition coefficient (Wildman–Crippen LogP) is 4.97. The van der Waals surface area contributed by atoms with E-state index >= 15 is 0 Å². The second kappa shape index (κ2) is 10.2. The summed E-state index contributed by atoms with van der Waals surface area (Å²) < 4.78 is 5.21. The molecule has 0 saturated heterocycles. The zero-order valence-electron chi connectivity index (χ0n) is 19.7. The molecular formula is C26H28N4O3S. The highest BCUT2D eigenvalue weighted by molar-refractivity contribution is 7.99. The quantitative estimate of drug-likeness (QED) is 0.330. The van der Waals surface area contributed by atoms with Gasteiger partial charge in [0, 0.05) is 22.6 Å². The van der Waals surface area contributed by atoms with Crippen molar-refractivity contribution in [2.75, 3.05) is 12.4 Å². The van der Waals surface area contributed by atoms with Gasteiger partial charge in [-0.2, -0.15) is 0 Å². The van der Waals surface area contributed by atoms with Crippen LogP contribution >= 0.6 is 11.8 Å². The van der Waals surface area contributed by atoms with E-state index in [9.17, 15) is 9.59 Å². The molecule has 4 rings (SSSR count). The highest BCUT2D eigenvalue weighted by Gasteiger charge is 2.30. The Hall–Kier alpha value is -3.52. The number of ether oxygens (including phenoxy) is 1. The van der Waals surface area contributed by atoms with Crippen LogP contribution in [0.4, 0.5) is 4.79 Å². The van der Waals surface area contributed by atoms with Crippen molar-refractivity contribution in [1.29, 1.82) is 0 Å². The number of rotatable bonds is 7. The van der Waals surface area contributed by atoms with E-state index in [0.29, 0.717) is 22.2 Å². The number of aryl methyl sites for hydroxylation is 2. The van der Waals surface area contributed by atoms with Crippen LogP contribution in [0.25, 0.3) is 22.5 Å². The highest BCUT2D eigenvalue weighted by atomic mass is 32.2. The molecule has 2 amide bonds. The summed E-state index contributed by atoms with van der Waals surface area (Å²) in [4.78, 5) is 32.9. The van der Waals surface area contributed by atoms with Crippen LogP contribution in [0.5, 0.6) is 0 Å². The lowest BCUT2D eigenvalue weighted by molar-refractivity contribution is -0.138. The first-order valence-electron chi connectivity index (χ1n) is 11.2. The van der Waals surface area contributed by atoms with Crippen molar-refractivity contribution in [1.82, 2.24) is 20.6 Å². The van der Waals surface area contributed by atoms with Gasteiger partial charge in [-0.25, -0.2) is 14.6 Å². The van der Waals surface area contributed by atoms with Crippen molar-refractivity contribution in [2.24, 2.45) is 0 Å². The summed E-state index contributed by atoms with van der Waals surface area (Å²) in [6.07, 6.45) is 0. The van der Waals surface area contributed by atoms with Crippen LogP contribution in [0, 0.1) is 13.8 Å². The Morgan fingerprint density at radius 3 is 2.26 bits per heavy atom. The van der Waals surface area contributed by atoms with Gasteiger partial charge in [0.2, 0.25) is 0 Å². The minimum atomic E-state index is -0.439. The fourth-order valence-corrected chi connectivity index (χ4v) is 4.64. The molecule has 0 spiro atoms. The summed E-state index contributed by atoms with van der Waals surface area (Å²) in [5.41, 5.74) is 7.16.